The predicted molar refractivity (Wildman–Crippen MR) is 45.8 cm³/mol. The lowest BCUT2D eigenvalue weighted by molar-refractivity contribution is -0.115. The molecule has 0 amide bonds. The number of ketones is 2. The Kier molecular flexibility index (Phi) is 2.46. The number of hydrogen-bond acceptors (Lipinski definition) is 3. The topological polar surface area (TPSA) is 60.2 Å². The van der Waals surface area contributed by atoms with Crippen LogP contribution in [0.3, 0.4) is 0 Å². The van der Waals surface area contributed by atoms with Gasteiger partial charge in [-0.1, -0.05) is 34.8 Å². The second-order valence-corrected chi connectivity index (χ2v) is 3.15. The summed E-state index contributed by atoms with van der Waals surface area (Å²) >= 11 is 16.1. The molecular formula is C6H2Cl3NO2. The molecule has 1 aliphatic carbocycles. The summed E-state index contributed by atoms with van der Waals surface area (Å²) in [7, 11) is 0. The molecule has 0 radical (unpaired) electrons. The molecule has 0 saturated heterocycles. The Hall–Kier alpha value is -0.510. The van der Waals surface area contributed by atoms with E-state index < -0.39 is 11.6 Å². The minimum atomic E-state index is -0.722. The van der Waals surface area contributed by atoms with Crippen molar-refractivity contribution in [1.29, 1.82) is 0 Å². The van der Waals surface area contributed by atoms with Crippen LogP contribution in [0, 0.1) is 0 Å². The molecule has 64 valence electrons. The number of Topliss-reactive ketones (excluding diaryl/α,β-unsaturated/α-hetero) is 2. The van der Waals surface area contributed by atoms with Gasteiger partial charge in [-0.2, -0.15) is 0 Å². The standard InChI is InChI=1S/C6H2Cl3NO2/c7-1-2(8)6(12)4(10)3(9)5(1)11/h10H2. The Bertz CT molecular complexity index is 281. The molecule has 6 heteroatoms. The van der Waals surface area contributed by atoms with E-state index in [1.165, 1.54) is 0 Å². The fourth-order valence-electron chi connectivity index (χ4n) is 0.636. The second kappa shape index (κ2) is 3.09. The number of rotatable bonds is 0. The van der Waals surface area contributed by atoms with Crippen LogP contribution < -0.4 is 5.73 Å². The van der Waals surface area contributed by atoms with Crippen LogP contribution in [0.5, 0.6) is 0 Å². The Labute approximate surface area is 82.8 Å². The fraction of sp³-hybridized carbons (Fsp3) is 0. The van der Waals surface area contributed by atoms with E-state index in [0.717, 1.165) is 0 Å². The van der Waals surface area contributed by atoms with Gasteiger partial charge in [-0.05, 0) is 0 Å². The molecule has 0 bridgehead atoms. The molecule has 0 unspecified atom stereocenters. The molecule has 2 N–H and O–H groups in total. The maximum atomic E-state index is 11.0. The number of carbonyl (C=O) groups excluding carboxylic acids is 2. The summed E-state index contributed by atoms with van der Waals surface area (Å²) < 4.78 is 0. The van der Waals surface area contributed by atoms with Crippen LogP contribution in [0.25, 0.3) is 0 Å². The van der Waals surface area contributed by atoms with Crippen molar-refractivity contribution in [2.75, 3.05) is 0 Å². The zero-order chi connectivity index (χ0) is 9.46. The van der Waals surface area contributed by atoms with Crippen molar-refractivity contribution in [3.05, 3.63) is 20.8 Å². The van der Waals surface area contributed by atoms with Gasteiger partial charge < -0.3 is 5.73 Å². The van der Waals surface area contributed by atoms with Gasteiger partial charge >= 0.3 is 0 Å². The van der Waals surface area contributed by atoms with Crippen LogP contribution in [0.4, 0.5) is 0 Å². The van der Waals surface area contributed by atoms with Crippen LogP contribution in [-0.2, 0) is 9.59 Å². The average Bonchev–Trinajstić information content (AvgIpc) is 2.08. The molecule has 0 atom stereocenters. The highest BCUT2D eigenvalue weighted by atomic mass is 35.5. The number of hydrogen-bond donors (Lipinski definition) is 1. The fourth-order valence-corrected chi connectivity index (χ4v) is 1.23. The minimum Gasteiger partial charge on any atom is -0.394 e. The van der Waals surface area contributed by atoms with Crippen molar-refractivity contribution >= 4 is 46.4 Å². The Balaban J connectivity index is 3.32. The molecule has 0 aromatic carbocycles. The van der Waals surface area contributed by atoms with E-state index >= 15 is 0 Å². The molecule has 0 heterocycles. The summed E-state index contributed by atoms with van der Waals surface area (Å²) in [4.78, 5) is 22.0. The van der Waals surface area contributed by atoms with Crippen molar-refractivity contribution in [2.45, 2.75) is 0 Å². The van der Waals surface area contributed by atoms with Gasteiger partial charge in [0.1, 0.15) is 20.8 Å². The van der Waals surface area contributed by atoms with Gasteiger partial charge in [0.2, 0.25) is 11.6 Å². The van der Waals surface area contributed by atoms with E-state index in [4.69, 9.17) is 40.5 Å². The minimum absolute atomic E-state index is 0.365. The summed E-state index contributed by atoms with van der Waals surface area (Å²) in [6, 6.07) is 0. The van der Waals surface area contributed by atoms with E-state index in [9.17, 15) is 9.59 Å². The summed E-state index contributed by atoms with van der Waals surface area (Å²) in [5.41, 5.74) is 4.80. The van der Waals surface area contributed by atoms with Gasteiger partial charge in [-0.15, -0.1) is 0 Å². The number of carbonyl (C=O) groups is 2. The van der Waals surface area contributed by atoms with E-state index in [1.807, 2.05) is 0 Å². The largest absolute Gasteiger partial charge is 0.394 e. The first-order chi connectivity index (χ1) is 5.46. The third kappa shape index (κ3) is 1.24. The molecule has 1 rings (SSSR count). The van der Waals surface area contributed by atoms with E-state index in [-0.39, 0.29) is 20.8 Å². The van der Waals surface area contributed by atoms with Gasteiger partial charge in [0, 0.05) is 0 Å². The molecule has 0 aliphatic heterocycles. The lowest BCUT2D eigenvalue weighted by Gasteiger charge is -2.09. The summed E-state index contributed by atoms with van der Waals surface area (Å²) in [6.45, 7) is 0. The monoisotopic (exact) mass is 225 g/mol. The highest BCUT2D eigenvalue weighted by Gasteiger charge is 2.30. The van der Waals surface area contributed by atoms with Crippen LogP contribution in [0.2, 0.25) is 0 Å². The molecular weight excluding hydrogens is 224 g/mol. The van der Waals surface area contributed by atoms with Gasteiger partial charge in [0.15, 0.2) is 0 Å². The van der Waals surface area contributed by atoms with Crippen molar-refractivity contribution < 1.29 is 9.59 Å². The van der Waals surface area contributed by atoms with E-state index in [2.05, 4.69) is 0 Å². The third-order valence-electron chi connectivity index (χ3n) is 1.27. The number of halogens is 3. The normalized spacial score (nSPS) is 19.2. The van der Waals surface area contributed by atoms with Crippen molar-refractivity contribution in [3.63, 3.8) is 0 Å². The number of nitrogens with two attached hydrogens (primary N) is 1. The Morgan fingerprint density at radius 3 is 1.75 bits per heavy atom. The molecule has 12 heavy (non-hydrogen) atoms. The average molecular weight is 226 g/mol. The molecule has 0 aromatic heterocycles. The molecule has 3 nitrogen and oxygen atoms in total. The quantitative estimate of drug-likeness (QED) is 0.632. The smallest absolute Gasteiger partial charge is 0.223 e. The maximum absolute atomic E-state index is 11.0. The Morgan fingerprint density at radius 1 is 0.833 bits per heavy atom. The van der Waals surface area contributed by atoms with Gasteiger partial charge in [0.05, 0.1) is 0 Å². The number of allylic oxidation sites excluding steroid dienone is 3. The SMILES string of the molecule is NC1=C(Cl)C(=O)C(Cl)=C(Cl)C1=O. The van der Waals surface area contributed by atoms with Gasteiger partial charge in [-0.3, -0.25) is 9.59 Å². The predicted octanol–water partition coefficient (Wildman–Crippen LogP) is 1.24. The zero-order valence-corrected chi connectivity index (χ0v) is 7.80. The van der Waals surface area contributed by atoms with Crippen molar-refractivity contribution in [3.8, 4) is 0 Å². The first kappa shape index (κ1) is 9.58. The van der Waals surface area contributed by atoms with E-state index in [1.54, 1.807) is 0 Å². The lowest BCUT2D eigenvalue weighted by Crippen LogP contribution is -2.22. The lowest BCUT2D eigenvalue weighted by atomic mass is 10.1. The summed E-state index contributed by atoms with van der Waals surface area (Å²) in [6.07, 6.45) is 0. The van der Waals surface area contributed by atoms with Crippen LogP contribution >= 0.6 is 34.8 Å². The van der Waals surface area contributed by atoms with Crippen LogP contribution in [-0.4, -0.2) is 11.6 Å². The molecule has 0 aromatic rings. The van der Waals surface area contributed by atoms with Gasteiger partial charge in [0.25, 0.3) is 0 Å². The Morgan fingerprint density at radius 2 is 1.25 bits per heavy atom. The second-order valence-electron chi connectivity index (χ2n) is 2.01. The highest BCUT2D eigenvalue weighted by molar-refractivity contribution is 6.64. The maximum Gasteiger partial charge on any atom is 0.223 e. The third-order valence-corrected chi connectivity index (χ3v) is 2.47. The molecule has 0 saturated carbocycles. The molecule has 0 fully saturated rings. The molecule has 0 spiro atoms. The van der Waals surface area contributed by atoms with Crippen LogP contribution in [0.15, 0.2) is 20.8 Å². The summed E-state index contributed by atoms with van der Waals surface area (Å²) in [5.74, 6) is -1.44. The van der Waals surface area contributed by atoms with Crippen molar-refractivity contribution in [1.82, 2.24) is 0 Å². The first-order valence-electron chi connectivity index (χ1n) is 2.76. The summed E-state index contributed by atoms with van der Waals surface area (Å²) in [5, 5.41) is -1.15. The van der Waals surface area contributed by atoms with Gasteiger partial charge in [-0.25, -0.2) is 0 Å². The van der Waals surface area contributed by atoms with Crippen LogP contribution in [0.1, 0.15) is 0 Å². The van der Waals surface area contributed by atoms with Crippen molar-refractivity contribution in [2.24, 2.45) is 5.73 Å². The molecule has 1 aliphatic rings. The highest BCUT2D eigenvalue weighted by Crippen LogP contribution is 2.28. The van der Waals surface area contributed by atoms with E-state index in [0.29, 0.717) is 0 Å². The zero-order valence-electron chi connectivity index (χ0n) is 5.53. The first-order valence-corrected chi connectivity index (χ1v) is 3.90.